The van der Waals surface area contributed by atoms with Crippen molar-refractivity contribution >= 4 is 19.6 Å². The van der Waals surface area contributed by atoms with Crippen molar-refractivity contribution in [1.82, 2.24) is 0 Å². The zero-order chi connectivity index (χ0) is 10.3. The molecule has 1 heterocycles. The fraction of sp³-hybridized carbons (Fsp3) is 0.500. The third-order valence-corrected chi connectivity index (χ3v) is 1.90. The van der Waals surface area contributed by atoms with Gasteiger partial charge in [0.25, 0.3) is 0 Å². The molecule has 1 saturated heterocycles. The maximum absolute atomic E-state index is 10.8. The third kappa shape index (κ3) is 1.99. The first-order chi connectivity index (χ1) is 5.76. The van der Waals surface area contributed by atoms with Gasteiger partial charge in [-0.05, 0) is 4.62 Å². The lowest BCUT2D eigenvalue weighted by atomic mass is 10.4. The van der Waals surface area contributed by atoms with Crippen LogP contribution in [0.3, 0.4) is 0 Å². The molecule has 0 aliphatic carbocycles. The Kier molecular flexibility index (Phi) is 2.37. The second-order valence-corrected chi connectivity index (χ2v) is 3.58. The van der Waals surface area contributed by atoms with Gasteiger partial charge in [0.05, 0.1) is 17.7 Å². The van der Waals surface area contributed by atoms with Crippen LogP contribution in [0.1, 0.15) is 12.8 Å². The van der Waals surface area contributed by atoms with Gasteiger partial charge >= 0.3 is 19.6 Å². The molecule has 0 bridgehead atoms. The number of nitrogens with zero attached hydrogens (tertiary/aromatic N) is 1. The normalized spacial score (nSPS) is 22.4. The molecule has 0 saturated carbocycles. The van der Waals surface area contributed by atoms with Gasteiger partial charge in [0.15, 0.2) is 0 Å². The highest BCUT2D eigenvalue weighted by atomic mass is 31.2. The number of hydrogen-bond donors (Lipinski definition) is 3. The SMILES string of the molecule is O=C1CCC(=O)[N+]1(O)OP(=O)(O)O. The molecule has 0 atom stereocenters. The van der Waals surface area contributed by atoms with E-state index in [4.69, 9.17) is 15.0 Å². The van der Waals surface area contributed by atoms with Crippen LogP contribution >= 0.6 is 7.82 Å². The quantitative estimate of drug-likeness (QED) is 0.234. The first-order valence-electron chi connectivity index (χ1n) is 3.21. The van der Waals surface area contributed by atoms with Gasteiger partial charge in [-0.1, -0.05) is 0 Å². The van der Waals surface area contributed by atoms with Crippen molar-refractivity contribution in [3.05, 3.63) is 0 Å². The van der Waals surface area contributed by atoms with E-state index in [2.05, 4.69) is 4.62 Å². The highest BCUT2D eigenvalue weighted by Gasteiger charge is 2.57. The van der Waals surface area contributed by atoms with Crippen LogP contribution in [-0.2, 0) is 18.8 Å². The summed E-state index contributed by atoms with van der Waals surface area (Å²) in [5.74, 6) is -2.18. The Balaban J connectivity index is 2.93. The molecule has 74 valence electrons. The summed E-state index contributed by atoms with van der Waals surface area (Å²) in [6.07, 6.45) is -0.593. The predicted octanol–water partition coefficient (Wildman–Crippen LogP) is -0.936. The molecule has 13 heavy (non-hydrogen) atoms. The monoisotopic (exact) mass is 212 g/mol. The van der Waals surface area contributed by atoms with Crippen molar-refractivity contribution in [2.75, 3.05) is 0 Å². The maximum Gasteiger partial charge on any atom is 0.520 e. The predicted molar refractivity (Wildman–Crippen MR) is 34.4 cm³/mol. The van der Waals surface area contributed by atoms with E-state index in [1.807, 2.05) is 0 Å². The van der Waals surface area contributed by atoms with Crippen molar-refractivity contribution in [3.8, 4) is 0 Å². The summed E-state index contributed by atoms with van der Waals surface area (Å²) in [7, 11) is -5.07. The van der Waals surface area contributed by atoms with Gasteiger partial charge in [-0.15, -0.1) is 0 Å². The number of carbonyl (C=O) groups excluding carboxylic acids is 2. The number of quaternary nitrogens is 1. The zero-order valence-corrected chi connectivity index (χ0v) is 7.18. The van der Waals surface area contributed by atoms with Crippen molar-refractivity contribution in [1.29, 1.82) is 0 Å². The van der Waals surface area contributed by atoms with E-state index in [0.29, 0.717) is 0 Å². The molecule has 3 N–H and O–H groups in total. The maximum atomic E-state index is 10.8. The lowest BCUT2D eigenvalue weighted by molar-refractivity contribution is -1.11. The molecule has 0 radical (unpaired) electrons. The summed E-state index contributed by atoms with van der Waals surface area (Å²) in [5, 5.41) is 9.09. The Hall–Kier alpha value is -0.630. The Morgan fingerprint density at radius 2 is 1.62 bits per heavy atom. The minimum atomic E-state index is -5.07. The van der Waals surface area contributed by atoms with Crippen molar-refractivity contribution < 1.29 is 38.6 Å². The van der Waals surface area contributed by atoms with Crippen LogP contribution < -0.4 is 0 Å². The van der Waals surface area contributed by atoms with Crippen LogP contribution in [0.15, 0.2) is 0 Å². The Morgan fingerprint density at radius 1 is 1.23 bits per heavy atom. The van der Waals surface area contributed by atoms with Gasteiger partial charge in [0, 0.05) is 0 Å². The number of imide groups is 1. The number of phosphoric acid groups is 1. The van der Waals surface area contributed by atoms with Gasteiger partial charge in [-0.3, -0.25) is 9.79 Å². The first kappa shape index (κ1) is 10.5. The van der Waals surface area contributed by atoms with E-state index in [-0.39, 0.29) is 12.8 Å². The van der Waals surface area contributed by atoms with Crippen molar-refractivity contribution in [3.63, 3.8) is 0 Å². The Bertz CT molecular complexity index is 290. The van der Waals surface area contributed by atoms with Crippen molar-refractivity contribution in [2.24, 2.45) is 0 Å². The molecule has 0 spiro atoms. The first-order valence-corrected chi connectivity index (χ1v) is 4.74. The number of hydroxylamine groups is 4. The van der Waals surface area contributed by atoms with Crippen LogP contribution in [-0.4, -0.2) is 31.6 Å². The highest BCUT2D eigenvalue weighted by Crippen LogP contribution is 2.41. The molecule has 2 amide bonds. The number of amides is 2. The molecule has 8 nitrogen and oxygen atoms in total. The van der Waals surface area contributed by atoms with Gasteiger partial charge in [0.1, 0.15) is 0 Å². The van der Waals surface area contributed by atoms with Gasteiger partial charge < -0.3 is 0 Å². The van der Waals surface area contributed by atoms with E-state index >= 15 is 0 Å². The van der Waals surface area contributed by atoms with Crippen LogP contribution in [0.4, 0.5) is 0 Å². The summed E-state index contributed by atoms with van der Waals surface area (Å²) >= 11 is 0. The van der Waals surface area contributed by atoms with Gasteiger partial charge in [-0.2, -0.15) is 5.21 Å². The van der Waals surface area contributed by atoms with E-state index in [0.717, 1.165) is 0 Å². The molecular formula is C4H7NO7P+. The summed E-state index contributed by atoms with van der Waals surface area (Å²) in [4.78, 5) is 36.0. The molecule has 0 aromatic heterocycles. The molecule has 1 rings (SSSR count). The fourth-order valence-electron chi connectivity index (χ4n) is 0.901. The number of hydrogen-bond acceptors (Lipinski definition) is 5. The Morgan fingerprint density at radius 3 is 1.92 bits per heavy atom. The second kappa shape index (κ2) is 2.95. The van der Waals surface area contributed by atoms with Crippen LogP contribution in [0.25, 0.3) is 0 Å². The van der Waals surface area contributed by atoms with Gasteiger partial charge in [0.2, 0.25) is 0 Å². The highest BCUT2D eigenvalue weighted by molar-refractivity contribution is 7.46. The largest absolute Gasteiger partial charge is 0.520 e. The standard InChI is InChI=1S/C4H6NO7P/c6-3-1-2-4(7)5(3,8)12-13(9,10)11/h8H,1-2H2,(H-,9,10,11)/p+1. The topological polar surface area (TPSA) is 121 Å². The number of rotatable bonds is 2. The summed E-state index contributed by atoms with van der Waals surface area (Å²) in [6, 6.07) is 0. The second-order valence-electron chi connectivity index (χ2n) is 2.44. The summed E-state index contributed by atoms with van der Waals surface area (Å²) < 4.78 is 13.9. The summed E-state index contributed by atoms with van der Waals surface area (Å²) in [5.41, 5.74) is 0. The molecular weight excluding hydrogens is 205 g/mol. The minimum absolute atomic E-state index is 0.296. The van der Waals surface area contributed by atoms with Gasteiger partial charge in [-0.25, -0.2) is 14.2 Å². The van der Waals surface area contributed by atoms with E-state index in [9.17, 15) is 14.2 Å². The van der Waals surface area contributed by atoms with Crippen LogP contribution in [0.5, 0.6) is 0 Å². The van der Waals surface area contributed by atoms with E-state index in [1.165, 1.54) is 0 Å². The average Bonchev–Trinajstić information content (AvgIpc) is 2.14. The Labute approximate surface area is 72.1 Å². The molecule has 0 aromatic rings. The average molecular weight is 212 g/mol. The van der Waals surface area contributed by atoms with Crippen LogP contribution in [0.2, 0.25) is 0 Å². The molecule has 1 aliphatic heterocycles. The van der Waals surface area contributed by atoms with E-state index in [1.54, 1.807) is 0 Å². The number of carbonyl (C=O) groups is 2. The third-order valence-electron chi connectivity index (χ3n) is 1.45. The molecule has 0 unspecified atom stereocenters. The molecule has 1 aliphatic rings. The van der Waals surface area contributed by atoms with Crippen LogP contribution in [0, 0.1) is 0 Å². The molecule has 1 fully saturated rings. The lowest BCUT2D eigenvalue weighted by Gasteiger charge is -2.15. The zero-order valence-electron chi connectivity index (χ0n) is 6.28. The smallest absolute Gasteiger partial charge is 0.300 e. The fourth-order valence-corrected chi connectivity index (χ4v) is 1.39. The van der Waals surface area contributed by atoms with Crippen molar-refractivity contribution in [2.45, 2.75) is 12.8 Å². The minimum Gasteiger partial charge on any atom is -0.300 e. The van der Waals surface area contributed by atoms with E-state index < -0.39 is 24.4 Å². The molecule has 0 aromatic carbocycles. The summed E-state index contributed by atoms with van der Waals surface area (Å²) in [6.45, 7) is 0. The molecule has 9 heteroatoms. The lowest BCUT2D eigenvalue weighted by Crippen LogP contribution is -2.48.